The standard InChI is InChI=1S/C12H17BrFN3/c13-10-4-11(14)12(17-7-10)16-6-9-3-1-2-8(9)5-15/h4,7-9H,1-3,5-6,15H2,(H,16,17). The predicted molar refractivity (Wildman–Crippen MR) is 70.3 cm³/mol. The number of nitrogens with zero attached hydrogens (tertiary/aromatic N) is 1. The van der Waals surface area contributed by atoms with Crippen molar-refractivity contribution < 1.29 is 4.39 Å². The third-order valence-electron chi connectivity index (χ3n) is 3.46. The van der Waals surface area contributed by atoms with Crippen LogP contribution in [0.4, 0.5) is 10.2 Å². The van der Waals surface area contributed by atoms with E-state index in [4.69, 9.17) is 5.73 Å². The average Bonchev–Trinajstić information content (AvgIpc) is 2.75. The Kier molecular flexibility index (Phi) is 4.34. The van der Waals surface area contributed by atoms with Gasteiger partial charge in [-0.15, -0.1) is 0 Å². The molecule has 1 saturated carbocycles. The minimum Gasteiger partial charge on any atom is -0.367 e. The number of hydrogen-bond donors (Lipinski definition) is 2. The molecule has 0 radical (unpaired) electrons. The molecule has 0 aliphatic heterocycles. The summed E-state index contributed by atoms with van der Waals surface area (Å²) in [6, 6.07) is 1.42. The molecule has 1 aliphatic rings. The molecule has 1 heterocycles. The molecule has 1 fully saturated rings. The van der Waals surface area contributed by atoms with Gasteiger partial charge in [-0.2, -0.15) is 0 Å². The van der Waals surface area contributed by atoms with Crippen LogP contribution in [0.5, 0.6) is 0 Å². The summed E-state index contributed by atoms with van der Waals surface area (Å²) in [5.74, 6) is 1.13. The van der Waals surface area contributed by atoms with E-state index < -0.39 is 0 Å². The van der Waals surface area contributed by atoms with Crippen molar-refractivity contribution in [1.29, 1.82) is 0 Å². The molecule has 3 nitrogen and oxygen atoms in total. The molecule has 1 aliphatic carbocycles. The lowest BCUT2D eigenvalue weighted by Gasteiger charge is -2.18. The summed E-state index contributed by atoms with van der Waals surface area (Å²) >= 11 is 3.19. The van der Waals surface area contributed by atoms with Crippen LogP contribution >= 0.6 is 15.9 Å². The van der Waals surface area contributed by atoms with E-state index in [2.05, 4.69) is 26.2 Å². The first-order valence-corrected chi connectivity index (χ1v) is 6.75. The van der Waals surface area contributed by atoms with Crippen LogP contribution in [0.3, 0.4) is 0 Å². The van der Waals surface area contributed by atoms with Crippen molar-refractivity contribution in [1.82, 2.24) is 4.98 Å². The van der Waals surface area contributed by atoms with Gasteiger partial charge < -0.3 is 11.1 Å². The fraction of sp³-hybridized carbons (Fsp3) is 0.583. The number of nitrogens with one attached hydrogen (secondary N) is 1. The van der Waals surface area contributed by atoms with Crippen LogP contribution in [0, 0.1) is 17.7 Å². The third-order valence-corrected chi connectivity index (χ3v) is 3.89. The van der Waals surface area contributed by atoms with Gasteiger partial charge in [-0.1, -0.05) is 6.42 Å². The van der Waals surface area contributed by atoms with Crippen molar-refractivity contribution in [2.75, 3.05) is 18.4 Å². The Morgan fingerprint density at radius 1 is 1.47 bits per heavy atom. The van der Waals surface area contributed by atoms with Crippen molar-refractivity contribution in [3.8, 4) is 0 Å². The van der Waals surface area contributed by atoms with Gasteiger partial charge in [-0.25, -0.2) is 9.37 Å². The first-order chi connectivity index (χ1) is 8.20. The topological polar surface area (TPSA) is 50.9 Å². The van der Waals surface area contributed by atoms with E-state index in [-0.39, 0.29) is 5.82 Å². The number of pyridine rings is 1. The minimum atomic E-state index is -0.318. The molecule has 1 aromatic heterocycles. The molecule has 0 amide bonds. The monoisotopic (exact) mass is 301 g/mol. The van der Waals surface area contributed by atoms with Crippen molar-refractivity contribution in [2.45, 2.75) is 19.3 Å². The Balaban J connectivity index is 1.93. The van der Waals surface area contributed by atoms with Gasteiger partial charge in [0.1, 0.15) is 0 Å². The molecule has 0 bridgehead atoms. The molecule has 2 atom stereocenters. The zero-order chi connectivity index (χ0) is 12.3. The van der Waals surface area contributed by atoms with Crippen LogP contribution in [0.1, 0.15) is 19.3 Å². The molecule has 94 valence electrons. The van der Waals surface area contributed by atoms with Crippen LogP contribution < -0.4 is 11.1 Å². The summed E-state index contributed by atoms with van der Waals surface area (Å²) in [5.41, 5.74) is 5.72. The highest BCUT2D eigenvalue weighted by Gasteiger charge is 2.25. The van der Waals surface area contributed by atoms with Gasteiger partial charge in [-0.05, 0) is 53.2 Å². The van der Waals surface area contributed by atoms with E-state index in [1.54, 1.807) is 6.20 Å². The largest absolute Gasteiger partial charge is 0.367 e. The van der Waals surface area contributed by atoms with Gasteiger partial charge >= 0.3 is 0 Å². The summed E-state index contributed by atoms with van der Waals surface area (Å²) in [6.07, 6.45) is 5.19. The maximum Gasteiger partial charge on any atom is 0.166 e. The van der Waals surface area contributed by atoms with Crippen molar-refractivity contribution in [3.05, 3.63) is 22.6 Å². The lowest BCUT2D eigenvalue weighted by atomic mass is 9.96. The number of aromatic nitrogens is 1. The highest BCUT2D eigenvalue weighted by Crippen LogP contribution is 2.31. The third kappa shape index (κ3) is 3.16. The van der Waals surface area contributed by atoms with Crippen molar-refractivity contribution >= 4 is 21.7 Å². The minimum absolute atomic E-state index is 0.318. The van der Waals surface area contributed by atoms with Crippen LogP contribution in [0.15, 0.2) is 16.7 Å². The number of halogens is 2. The predicted octanol–water partition coefficient (Wildman–Crippen LogP) is 2.77. The van der Waals surface area contributed by atoms with E-state index in [1.807, 2.05) is 0 Å². The van der Waals surface area contributed by atoms with Crippen molar-refractivity contribution in [2.24, 2.45) is 17.6 Å². The highest BCUT2D eigenvalue weighted by molar-refractivity contribution is 9.10. The summed E-state index contributed by atoms with van der Waals surface area (Å²) in [4.78, 5) is 4.03. The zero-order valence-corrected chi connectivity index (χ0v) is 11.2. The van der Waals surface area contributed by atoms with E-state index in [0.29, 0.717) is 22.1 Å². The quantitative estimate of drug-likeness (QED) is 0.899. The molecule has 17 heavy (non-hydrogen) atoms. The molecule has 5 heteroatoms. The van der Waals surface area contributed by atoms with Gasteiger partial charge in [0.15, 0.2) is 11.6 Å². The van der Waals surface area contributed by atoms with Crippen LogP contribution in [0.2, 0.25) is 0 Å². The molecule has 0 spiro atoms. The van der Waals surface area contributed by atoms with Gasteiger partial charge in [0.05, 0.1) is 0 Å². The highest BCUT2D eigenvalue weighted by atomic mass is 79.9. The molecule has 1 aromatic rings. The Morgan fingerprint density at radius 2 is 2.24 bits per heavy atom. The Bertz CT molecular complexity index is 386. The van der Waals surface area contributed by atoms with E-state index in [9.17, 15) is 4.39 Å². The molecular formula is C12H17BrFN3. The van der Waals surface area contributed by atoms with Crippen LogP contribution in [-0.4, -0.2) is 18.1 Å². The SMILES string of the molecule is NCC1CCCC1CNc1ncc(Br)cc1F. The summed E-state index contributed by atoms with van der Waals surface area (Å²) in [5, 5.41) is 3.08. The normalized spacial score (nSPS) is 23.9. The average molecular weight is 302 g/mol. The molecule has 2 rings (SSSR count). The number of hydrogen-bond acceptors (Lipinski definition) is 3. The molecule has 0 aromatic carbocycles. The molecule has 0 saturated heterocycles. The Hall–Kier alpha value is -0.680. The maximum absolute atomic E-state index is 13.5. The number of anilines is 1. The number of nitrogens with two attached hydrogens (primary N) is 1. The maximum atomic E-state index is 13.5. The molecular weight excluding hydrogens is 285 g/mol. The first-order valence-electron chi connectivity index (χ1n) is 5.95. The fourth-order valence-electron chi connectivity index (χ4n) is 2.47. The Labute approximate surface area is 109 Å². The molecule has 2 unspecified atom stereocenters. The van der Waals surface area contributed by atoms with Gasteiger partial charge in [0, 0.05) is 17.2 Å². The lowest BCUT2D eigenvalue weighted by Crippen LogP contribution is -2.24. The van der Waals surface area contributed by atoms with E-state index >= 15 is 0 Å². The summed E-state index contributed by atoms with van der Waals surface area (Å²) in [6.45, 7) is 1.48. The fourth-order valence-corrected chi connectivity index (χ4v) is 2.77. The lowest BCUT2D eigenvalue weighted by molar-refractivity contribution is 0.413. The van der Waals surface area contributed by atoms with Gasteiger partial charge in [0.2, 0.25) is 0 Å². The van der Waals surface area contributed by atoms with Crippen LogP contribution in [0.25, 0.3) is 0 Å². The second-order valence-electron chi connectivity index (χ2n) is 4.55. The van der Waals surface area contributed by atoms with E-state index in [0.717, 1.165) is 13.1 Å². The smallest absolute Gasteiger partial charge is 0.166 e. The van der Waals surface area contributed by atoms with Crippen LogP contribution in [-0.2, 0) is 0 Å². The number of rotatable bonds is 4. The van der Waals surface area contributed by atoms with Crippen molar-refractivity contribution in [3.63, 3.8) is 0 Å². The second kappa shape index (κ2) is 5.78. The first kappa shape index (κ1) is 12.8. The zero-order valence-electron chi connectivity index (χ0n) is 9.63. The summed E-state index contributed by atoms with van der Waals surface area (Å²) < 4.78 is 14.2. The Morgan fingerprint density at radius 3 is 2.94 bits per heavy atom. The second-order valence-corrected chi connectivity index (χ2v) is 5.47. The van der Waals surface area contributed by atoms with Gasteiger partial charge in [-0.3, -0.25) is 0 Å². The van der Waals surface area contributed by atoms with Gasteiger partial charge in [0.25, 0.3) is 0 Å². The van der Waals surface area contributed by atoms with E-state index in [1.165, 1.54) is 25.3 Å². The molecule has 3 N–H and O–H groups in total. The summed E-state index contributed by atoms with van der Waals surface area (Å²) in [7, 11) is 0.